The molecule has 16 heavy (non-hydrogen) atoms. The average molecular weight is 349 g/mol. The van der Waals surface area contributed by atoms with E-state index in [1.165, 1.54) is 25.7 Å². The fraction of sp³-hybridized carbons (Fsp3) is 0.500. The van der Waals surface area contributed by atoms with Crippen molar-refractivity contribution in [1.82, 2.24) is 0 Å². The van der Waals surface area contributed by atoms with Gasteiger partial charge in [0.25, 0.3) is 0 Å². The third kappa shape index (κ3) is 2.44. The van der Waals surface area contributed by atoms with E-state index in [1.807, 2.05) is 6.07 Å². The second-order valence-electron chi connectivity index (χ2n) is 4.39. The van der Waals surface area contributed by atoms with Gasteiger partial charge in [0.05, 0.1) is 0 Å². The fourth-order valence-electron chi connectivity index (χ4n) is 2.45. The third-order valence-corrected chi connectivity index (χ3v) is 4.43. The Hall–Kier alpha value is -0.0600. The molecule has 0 amide bonds. The van der Waals surface area contributed by atoms with E-state index < -0.39 is 0 Å². The highest BCUT2D eigenvalue weighted by Crippen LogP contribution is 2.41. The van der Waals surface area contributed by atoms with Crippen molar-refractivity contribution in [2.45, 2.75) is 31.7 Å². The number of nitrogens with two attached hydrogens (primary N) is 1. The van der Waals surface area contributed by atoms with Crippen molar-refractivity contribution in [3.8, 4) is 5.75 Å². The van der Waals surface area contributed by atoms with Crippen LogP contribution in [0.1, 0.15) is 37.3 Å². The van der Waals surface area contributed by atoms with Crippen LogP contribution in [0.5, 0.6) is 5.75 Å². The van der Waals surface area contributed by atoms with Gasteiger partial charge in [-0.25, -0.2) is 0 Å². The first-order chi connectivity index (χ1) is 7.59. The molecule has 1 saturated carbocycles. The van der Waals surface area contributed by atoms with Crippen LogP contribution in [-0.4, -0.2) is 5.11 Å². The molecule has 0 unspecified atom stereocenters. The molecule has 0 aromatic heterocycles. The van der Waals surface area contributed by atoms with Crippen molar-refractivity contribution in [3.63, 3.8) is 0 Å². The Morgan fingerprint density at radius 1 is 1.25 bits per heavy atom. The van der Waals surface area contributed by atoms with Gasteiger partial charge in [0.1, 0.15) is 5.75 Å². The first-order valence-electron chi connectivity index (χ1n) is 5.53. The normalized spacial score (nSPS) is 18.9. The molecule has 1 fully saturated rings. The molecule has 1 atom stereocenters. The molecule has 3 N–H and O–H groups in total. The number of halogens is 2. The van der Waals surface area contributed by atoms with Gasteiger partial charge in [-0.05, 0) is 30.9 Å². The molecule has 4 heteroatoms. The summed E-state index contributed by atoms with van der Waals surface area (Å²) in [6.07, 6.45) is 4.85. The zero-order valence-corrected chi connectivity index (χ0v) is 12.1. The molecular weight excluding hydrogens is 334 g/mol. The molecule has 0 heterocycles. The fourth-order valence-corrected chi connectivity index (χ4v) is 3.92. The number of aromatic hydroxyl groups is 1. The van der Waals surface area contributed by atoms with Gasteiger partial charge < -0.3 is 10.8 Å². The minimum absolute atomic E-state index is 0.0648. The highest BCUT2D eigenvalue weighted by molar-refractivity contribution is 9.11. The highest BCUT2D eigenvalue weighted by atomic mass is 79.9. The Balaban J connectivity index is 2.31. The van der Waals surface area contributed by atoms with E-state index in [2.05, 4.69) is 31.9 Å². The molecule has 0 radical (unpaired) electrons. The number of phenolic OH excluding ortho intramolecular Hbond substituents is 1. The summed E-state index contributed by atoms with van der Waals surface area (Å²) in [5.74, 6) is 0.782. The van der Waals surface area contributed by atoms with E-state index in [1.54, 1.807) is 6.07 Å². The van der Waals surface area contributed by atoms with Gasteiger partial charge in [0.2, 0.25) is 0 Å². The van der Waals surface area contributed by atoms with Gasteiger partial charge in [0, 0.05) is 20.6 Å². The van der Waals surface area contributed by atoms with Gasteiger partial charge in [0.15, 0.2) is 0 Å². The molecule has 0 aliphatic heterocycles. The van der Waals surface area contributed by atoms with Crippen LogP contribution in [0.4, 0.5) is 0 Å². The Bertz CT molecular complexity index is 366. The second-order valence-corrected chi connectivity index (χ2v) is 6.16. The summed E-state index contributed by atoms with van der Waals surface area (Å²) in [7, 11) is 0. The van der Waals surface area contributed by atoms with Gasteiger partial charge in [-0.15, -0.1) is 0 Å². The van der Waals surface area contributed by atoms with E-state index in [0.29, 0.717) is 5.92 Å². The Morgan fingerprint density at radius 2 is 1.88 bits per heavy atom. The lowest BCUT2D eigenvalue weighted by molar-refractivity contribution is 0.411. The topological polar surface area (TPSA) is 46.2 Å². The monoisotopic (exact) mass is 347 g/mol. The zero-order chi connectivity index (χ0) is 11.7. The summed E-state index contributed by atoms with van der Waals surface area (Å²) < 4.78 is 1.75. The minimum atomic E-state index is -0.0648. The van der Waals surface area contributed by atoms with Gasteiger partial charge in [-0.3, -0.25) is 0 Å². The standard InChI is InChI=1S/C12H15Br2NO/c13-8-5-9(14)11(10(16)6-8)12(15)7-3-1-2-4-7/h5-7,12,16H,1-4,15H2/t12-/m1/s1. The van der Waals surface area contributed by atoms with Crippen molar-refractivity contribution < 1.29 is 5.11 Å². The minimum Gasteiger partial charge on any atom is -0.508 e. The van der Waals surface area contributed by atoms with Crippen LogP contribution < -0.4 is 5.73 Å². The molecule has 0 spiro atoms. The summed E-state index contributed by atoms with van der Waals surface area (Å²) in [5, 5.41) is 9.96. The lowest BCUT2D eigenvalue weighted by Crippen LogP contribution is -2.19. The molecule has 1 aliphatic carbocycles. The maximum absolute atomic E-state index is 9.96. The van der Waals surface area contributed by atoms with Crippen molar-refractivity contribution in [2.24, 2.45) is 11.7 Å². The SMILES string of the molecule is N[C@@H](c1c(O)cc(Br)cc1Br)C1CCCC1. The molecule has 2 rings (SSSR count). The smallest absolute Gasteiger partial charge is 0.122 e. The van der Waals surface area contributed by atoms with Crippen LogP contribution in [-0.2, 0) is 0 Å². The Labute approximate surface area is 112 Å². The highest BCUT2D eigenvalue weighted by Gasteiger charge is 2.26. The Morgan fingerprint density at radius 3 is 2.44 bits per heavy atom. The van der Waals surface area contributed by atoms with Gasteiger partial charge >= 0.3 is 0 Å². The maximum Gasteiger partial charge on any atom is 0.122 e. The Kier molecular flexibility index (Phi) is 3.93. The van der Waals surface area contributed by atoms with Crippen molar-refractivity contribution in [1.29, 1.82) is 0 Å². The number of hydrogen-bond acceptors (Lipinski definition) is 2. The van der Waals surface area contributed by atoms with E-state index >= 15 is 0 Å². The molecule has 1 aromatic rings. The van der Waals surface area contributed by atoms with Crippen molar-refractivity contribution in [2.75, 3.05) is 0 Å². The summed E-state index contributed by atoms with van der Waals surface area (Å²) in [4.78, 5) is 0. The molecule has 1 aromatic carbocycles. The number of phenols is 1. The van der Waals surface area contributed by atoms with Crippen molar-refractivity contribution >= 4 is 31.9 Å². The van der Waals surface area contributed by atoms with Crippen LogP contribution in [0, 0.1) is 5.92 Å². The van der Waals surface area contributed by atoms with Gasteiger partial charge in [-0.2, -0.15) is 0 Å². The molecule has 0 saturated heterocycles. The first kappa shape index (κ1) is 12.4. The van der Waals surface area contributed by atoms with Crippen LogP contribution in [0.25, 0.3) is 0 Å². The lowest BCUT2D eigenvalue weighted by atomic mass is 9.92. The van der Waals surface area contributed by atoms with E-state index in [0.717, 1.165) is 14.5 Å². The van der Waals surface area contributed by atoms with Crippen LogP contribution in [0.15, 0.2) is 21.1 Å². The van der Waals surface area contributed by atoms with Gasteiger partial charge in [-0.1, -0.05) is 44.7 Å². The first-order valence-corrected chi connectivity index (χ1v) is 7.11. The molecule has 88 valence electrons. The summed E-state index contributed by atoms with van der Waals surface area (Å²) in [5.41, 5.74) is 7.09. The second kappa shape index (κ2) is 5.07. The summed E-state index contributed by atoms with van der Waals surface area (Å²) in [6, 6.07) is 3.57. The summed E-state index contributed by atoms with van der Waals surface area (Å²) in [6.45, 7) is 0. The molecule has 2 nitrogen and oxygen atoms in total. The average Bonchev–Trinajstić information content (AvgIpc) is 2.67. The van der Waals surface area contributed by atoms with Crippen molar-refractivity contribution in [3.05, 3.63) is 26.6 Å². The molecular formula is C12H15Br2NO. The van der Waals surface area contributed by atoms with Crippen LogP contribution in [0.2, 0.25) is 0 Å². The number of rotatable bonds is 2. The van der Waals surface area contributed by atoms with Crippen LogP contribution >= 0.6 is 31.9 Å². The zero-order valence-electron chi connectivity index (χ0n) is 8.92. The van der Waals surface area contributed by atoms with E-state index in [4.69, 9.17) is 5.73 Å². The largest absolute Gasteiger partial charge is 0.508 e. The number of hydrogen-bond donors (Lipinski definition) is 2. The van der Waals surface area contributed by atoms with E-state index in [-0.39, 0.29) is 11.8 Å². The van der Waals surface area contributed by atoms with Crippen LogP contribution in [0.3, 0.4) is 0 Å². The van der Waals surface area contributed by atoms with E-state index in [9.17, 15) is 5.11 Å². The lowest BCUT2D eigenvalue weighted by Gasteiger charge is -2.21. The summed E-state index contributed by atoms with van der Waals surface area (Å²) >= 11 is 6.82. The number of benzene rings is 1. The predicted molar refractivity (Wildman–Crippen MR) is 72.4 cm³/mol. The third-order valence-electron chi connectivity index (χ3n) is 3.31. The predicted octanol–water partition coefficient (Wildman–Crippen LogP) is 4.11. The molecule has 0 bridgehead atoms. The maximum atomic E-state index is 9.96. The molecule has 1 aliphatic rings. The quantitative estimate of drug-likeness (QED) is 0.844.